The maximum absolute atomic E-state index is 6.03. The highest BCUT2D eigenvalue weighted by Crippen LogP contribution is 2.32. The molecule has 164 valence electrons. The Bertz CT molecular complexity index is 673. The van der Waals surface area contributed by atoms with Gasteiger partial charge in [0, 0.05) is 24.4 Å². The van der Waals surface area contributed by atoms with Gasteiger partial charge in [0.1, 0.15) is 16.6 Å². The van der Waals surface area contributed by atoms with Crippen LogP contribution < -0.4 is 10.6 Å². The molecule has 2 N–H and O–H groups in total. The number of nitrogens with zero attached hydrogens (tertiary/aromatic N) is 3. The molecule has 0 aromatic carbocycles. The molecular formula is C23H40N4OS. The molecular weight excluding hydrogens is 380 g/mol. The Morgan fingerprint density at radius 2 is 1.90 bits per heavy atom. The second-order valence-electron chi connectivity index (χ2n) is 7.94. The van der Waals surface area contributed by atoms with Crippen molar-refractivity contribution in [1.82, 2.24) is 9.97 Å². The van der Waals surface area contributed by atoms with Crippen molar-refractivity contribution in [2.24, 2.45) is 5.92 Å². The third-order valence-corrected chi connectivity index (χ3v) is 5.97. The number of unbranched alkanes of at least 4 members (excludes halogenated alkanes) is 1. The average molecular weight is 421 g/mol. The predicted octanol–water partition coefficient (Wildman–Crippen LogP) is 6.00. The summed E-state index contributed by atoms with van der Waals surface area (Å²) in [4.78, 5) is 11.1. The average Bonchev–Trinajstić information content (AvgIpc) is 2.66. The van der Waals surface area contributed by atoms with Crippen LogP contribution in [0.15, 0.2) is 29.0 Å². The molecule has 5 nitrogen and oxygen atoms in total. The van der Waals surface area contributed by atoms with E-state index >= 15 is 0 Å². The highest BCUT2D eigenvalue weighted by Gasteiger charge is 2.15. The van der Waals surface area contributed by atoms with Crippen molar-refractivity contribution >= 4 is 23.5 Å². The first-order valence-electron chi connectivity index (χ1n) is 10.7. The number of thioether (sulfide) groups is 1. The van der Waals surface area contributed by atoms with Crippen LogP contribution >= 0.6 is 11.8 Å². The van der Waals surface area contributed by atoms with Crippen LogP contribution in [0.5, 0.6) is 0 Å². The topological polar surface area (TPSA) is 64.3 Å². The molecule has 0 amide bonds. The Labute approximate surface area is 182 Å². The zero-order valence-electron chi connectivity index (χ0n) is 19.4. The molecule has 0 fully saturated rings. The fourth-order valence-electron chi connectivity index (χ4n) is 3.06. The number of allylic oxidation sites excluding steroid dienone is 2. The van der Waals surface area contributed by atoms with Crippen LogP contribution in [-0.4, -0.2) is 35.9 Å². The zero-order valence-corrected chi connectivity index (χ0v) is 20.2. The monoisotopic (exact) mass is 420 g/mol. The number of rotatable bonds is 13. The van der Waals surface area contributed by atoms with Crippen molar-refractivity contribution in [3.63, 3.8) is 0 Å². The van der Waals surface area contributed by atoms with E-state index in [-0.39, 0.29) is 0 Å². The van der Waals surface area contributed by atoms with E-state index in [0.717, 1.165) is 41.0 Å². The number of aromatic nitrogens is 2. The van der Waals surface area contributed by atoms with Gasteiger partial charge < -0.3 is 15.4 Å². The number of anilines is 2. The van der Waals surface area contributed by atoms with E-state index in [0.29, 0.717) is 11.2 Å². The van der Waals surface area contributed by atoms with E-state index in [1.54, 1.807) is 7.11 Å². The van der Waals surface area contributed by atoms with Gasteiger partial charge in [0.25, 0.3) is 0 Å². The highest BCUT2D eigenvalue weighted by atomic mass is 32.2. The Morgan fingerprint density at radius 3 is 2.52 bits per heavy atom. The first kappa shape index (κ1) is 25.3. The van der Waals surface area contributed by atoms with E-state index in [4.69, 9.17) is 10.5 Å². The maximum Gasteiger partial charge on any atom is 0.223 e. The fourth-order valence-corrected chi connectivity index (χ4v) is 4.14. The summed E-state index contributed by atoms with van der Waals surface area (Å²) in [5.74, 6) is 2.88. The summed E-state index contributed by atoms with van der Waals surface area (Å²) in [5.41, 5.74) is 7.11. The smallest absolute Gasteiger partial charge is 0.223 e. The van der Waals surface area contributed by atoms with Crippen molar-refractivity contribution < 1.29 is 4.74 Å². The third-order valence-electron chi connectivity index (χ3n) is 4.71. The third kappa shape index (κ3) is 9.57. The van der Waals surface area contributed by atoms with Gasteiger partial charge in [-0.25, -0.2) is 4.98 Å². The van der Waals surface area contributed by atoms with E-state index in [9.17, 15) is 0 Å². The van der Waals surface area contributed by atoms with Gasteiger partial charge in [0.15, 0.2) is 0 Å². The number of hydrogen-bond donors (Lipinski definition) is 1. The summed E-state index contributed by atoms with van der Waals surface area (Å²) in [6.07, 6.45) is 12.1. The second-order valence-corrected chi connectivity index (χ2v) is 9.37. The van der Waals surface area contributed by atoms with Crippen LogP contribution in [0.25, 0.3) is 0 Å². The second kappa shape index (κ2) is 13.5. The van der Waals surface area contributed by atoms with Crippen LogP contribution in [0.4, 0.5) is 11.8 Å². The van der Waals surface area contributed by atoms with Crippen LogP contribution in [0.1, 0.15) is 65.4 Å². The quantitative estimate of drug-likeness (QED) is 0.139. The van der Waals surface area contributed by atoms with Crippen LogP contribution in [0.3, 0.4) is 0 Å². The fraction of sp³-hybridized carbons (Fsp3) is 0.652. The lowest BCUT2D eigenvalue weighted by molar-refractivity contribution is 0.305. The van der Waals surface area contributed by atoms with Gasteiger partial charge in [-0.3, -0.25) is 0 Å². The molecule has 0 aliphatic heterocycles. The van der Waals surface area contributed by atoms with Gasteiger partial charge in [-0.2, -0.15) is 4.98 Å². The number of hydrogen-bond acceptors (Lipinski definition) is 6. The van der Waals surface area contributed by atoms with Gasteiger partial charge in [-0.15, -0.1) is 11.8 Å². The van der Waals surface area contributed by atoms with Crippen molar-refractivity contribution in [3.8, 4) is 0 Å². The molecule has 1 aromatic heterocycles. The number of methoxy groups -OCH3 is 1. The SMILES string of the molecule is CC/C=C(\C=C/CN(C)c1nc(N)nc(SC(C)CCCCC(C)C)c1C)OC. The maximum atomic E-state index is 6.03. The molecule has 0 spiro atoms. The van der Waals surface area contributed by atoms with Crippen LogP contribution in [0.2, 0.25) is 0 Å². The molecule has 1 heterocycles. The molecule has 6 heteroatoms. The molecule has 1 rings (SSSR count). The van der Waals surface area contributed by atoms with Crippen molar-refractivity contribution in [1.29, 1.82) is 0 Å². The largest absolute Gasteiger partial charge is 0.497 e. The Balaban J connectivity index is 2.77. The number of likely N-dealkylation sites (N-methyl/N-ethyl adjacent to an activating group) is 1. The van der Waals surface area contributed by atoms with Gasteiger partial charge in [-0.1, -0.05) is 53.0 Å². The summed E-state index contributed by atoms with van der Waals surface area (Å²) in [5, 5.41) is 1.50. The molecule has 0 aliphatic rings. The summed E-state index contributed by atoms with van der Waals surface area (Å²) >= 11 is 1.81. The molecule has 0 saturated heterocycles. The van der Waals surface area contributed by atoms with E-state index in [1.807, 2.05) is 24.9 Å². The van der Waals surface area contributed by atoms with Gasteiger partial charge in [-0.05, 0) is 37.8 Å². The minimum absolute atomic E-state index is 0.333. The number of ether oxygens (including phenoxy) is 1. The predicted molar refractivity (Wildman–Crippen MR) is 128 cm³/mol. The molecule has 29 heavy (non-hydrogen) atoms. The molecule has 0 bridgehead atoms. The summed E-state index contributed by atoms with van der Waals surface area (Å²) in [6, 6.07) is 0. The first-order valence-corrected chi connectivity index (χ1v) is 11.6. The zero-order chi connectivity index (χ0) is 21.8. The molecule has 0 radical (unpaired) electrons. The van der Waals surface area contributed by atoms with E-state index in [2.05, 4.69) is 61.6 Å². The number of nitrogen functional groups attached to an aromatic ring is 1. The van der Waals surface area contributed by atoms with Crippen molar-refractivity contribution in [3.05, 3.63) is 29.6 Å². The van der Waals surface area contributed by atoms with E-state index < -0.39 is 0 Å². The molecule has 1 atom stereocenters. The normalized spacial score (nSPS) is 13.3. The summed E-state index contributed by atoms with van der Waals surface area (Å²) < 4.78 is 5.34. The minimum Gasteiger partial charge on any atom is -0.497 e. The van der Waals surface area contributed by atoms with Gasteiger partial charge >= 0.3 is 0 Å². The Kier molecular flexibility index (Phi) is 11.8. The molecule has 1 unspecified atom stereocenters. The number of nitrogens with two attached hydrogens (primary N) is 1. The standard InChI is InChI=1S/C23H40N4OS/c1-8-12-20(28-7)15-11-16-27(6)21-19(5)22(26-23(24)25-21)29-18(4)14-10-9-13-17(2)3/h11-12,15,17-18H,8-10,13-14,16H2,1-7H3,(H2,24,25,26)/b15-11-,20-12+. The van der Waals surface area contributed by atoms with Gasteiger partial charge in [0.05, 0.1) is 7.11 Å². The molecule has 0 saturated carbocycles. The lowest BCUT2D eigenvalue weighted by atomic mass is 10.0. The molecule has 1 aromatic rings. The summed E-state index contributed by atoms with van der Waals surface area (Å²) in [7, 11) is 3.72. The molecule has 0 aliphatic carbocycles. The van der Waals surface area contributed by atoms with Crippen LogP contribution in [0, 0.1) is 12.8 Å². The van der Waals surface area contributed by atoms with Crippen LogP contribution in [-0.2, 0) is 4.74 Å². The lowest BCUT2D eigenvalue weighted by Gasteiger charge is -2.21. The van der Waals surface area contributed by atoms with Crippen molar-refractivity contribution in [2.75, 3.05) is 31.3 Å². The van der Waals surface area contributed by atoms with E-state index in [1.165, 1.54) is 25.7 Å². The van der Waals surface area contributed by atoms with Crippen molar-refractivity contribution in [2.45, 2.75) is 77.0 Å². The summed E-state index contributed by atoms with van der Waals surface area (Å²) in [6.45, 7) is 11.7. The first-order chi connectivity index (χ1) is 13.8. The minimum atomic E-state index is 0.333. The Morgan fingerprint density at radius 1 is 1.21 bits per heavy atom. The lowest BCUT2D eigenvalue weighted by Crippen LogP contribution is -2.21. The van der Waals surface area contributed by atoms with Gasteiger partial charge in [0.2, 0.25) is 5.95 Å². The Hall–Kier alpha value is -1.69. The highest BCUT2D eigenvalue weighted by molar-refractivity contribution is 7.99.